The second-order valence-electron chi connectivity index (χ2n) is 4.99. The van der Waals surface area contributed by atoms with Crippen LogP contribution in [0.2, 0.25) is 0 Å². The van der Waals surface area contributed by atoms with Gasteiger partial charge in [-0.2, -0.15) is 0 Å². The molecule has 4 nitrogen and oxygen atoms in total. The fraction of sp³-hybridized carbons (Fsp3) is 0.400. The van der Waals surface area contributed by atoms with Crippen molar-refractivity contribution in [2.75, 3.05) is 0 Å². The van der Waals surface area contributed by atoms with Gasteiger partial charge in [0.25, 0.3) is 0 Å². The summed E-state index contributed by atoms with van der Waals surface area (Å²) in [4.78, 5) is 11.4. The second kappa shape index (κ2) is 5.55. The zero-order valence-corrected chi connectivity index (χ0v) is 10.6. The summed E-state index contributed by atoms with van der Waals surface area (Å²) in [6.45, 7) is 0. The van der Waals surface area contributed by atoms with Gasteiger partial charge in [-0.1, -0.05) is 42.5 Å². The molecule has 0 bridgehead atoms. The van der Waals surface area contributed by atoms with Crippen LogP contribution in [-0.2, 0) is 4.79 Å². The molecule has 3 atom stereocenters. The van der Waals surface area contributed by atoms with Crippen molar-refractivity contribution in [1.82, 2.24) is 0 Å². The van der Waals surface area contributed by atoms with E-state index in [2.05, 4.69) is 0 Å². The molecule has 0 unspecified atom stereocenters. The standard InChI is InChI=1S/C15H18O4/c16-13(15(19)9-5-2-6-10-15)12(14(17)18)11-7-3-1-4-8-11/h1-5,7-8,12-13,16,19H,6,9-10H2,(H,17,18)/t12-,13+,15-/m1/s1. The van der Waals surface area contributed by atoms with E-state index < -0.39 is 23.6 Å². The van der Waals surface area contributed by atoms with E-state index in [1.807, 2.05) is 6.08 Å². The number of hydrogen-bond acceptors (Lipinski definition) is 3. The lowest BCUT2D eigenvalue weighted by Gasteiger charge is -2.37. The third-order valence-corrected chi connectivity index (χ3v) is 3.67. The summed E-state index contributed by atoms with van der Waals surface area (Å²) in [6, 6.07) is 8.55. The molecule has 1 aliphatic rings. The molecule has 0 saturated carbocycles. The first kappa shape index (κ1) is 13.8. The summed E-state index contributed by atoms with van der Waals surface area (Å²) >= 11 is 0. The van der Waals surface area contributed by atoms with Gasteiger partial charge in [-0.25, -0.2) is 0 Å². The maximum absolute atomic E-state index is 11.4. The maximum atomic E-state index is 11.4. The molecule has 2 rings (SSSR count). The van der Waals surface area contributed by atoms with Gasteiger partial charge in [-0.05, 0) is 24.8 Å². The average molecular weight is 262 g/mol. The number of benzene rings is 1. The van der Waals surface area contributed by atoms with E-state index in [0.29, 0.717) is 18.4 Å². The average Bonchev–Trinajstić information content (AvgIpc) is 2.40. The minimum atomic E-state index is -1.37. The van der Waals surface area contributed by atoms with Gasteiger partial charge in [-0.15, -0.1) is 0 Å². The summed E-state index contributed by atoms with van der Waals surface area (Å²) in [7, 11) is 0. The van der Waals surface area contributed by atoms with E-state index in [4.69, 9.17) is 0 Å². The van der Waals surface area contributed by atoms with E-state index in [1.54, 1.807) is 36.4 Å². The molecule has 4 heteroatoms. The Morgan fingerprint density at radius 1 is 1.21 bits per heavy atom. The fourth-order valence-corrected chi connectivity index (χ4v) is 2.54. The van der Waals surface area contributed by atoms with Crippen molar-refractivity contribution in [2.45, 2.75) is 36.9 Å². The lowest BCUT2D eigenvalue weighted by molar-refractivity contribution is -0.150. The van der Waals surface area contributed by atoms with Gasteiger partial charge < -0.3 is 15.3 Å². The van der Waals surface area contributed by atoms with Crippen LogP contribution >= 0.6 is 0 Å². The molecule has 1 aromatic rings. The Labute approximate surface area is 112 Å². The van der Waals surface area contributed by atoms with Crippen LogP contribution in [0.5, 0.6) is 0 Å². The highest BCUT2D eigenvalue weighted by molar-refractivity contribution is 5.77. The number of hydrogen-bond donors (Lipinski definition) is 3. The topological polar surface area (TPSA) is 77.8 Å². The van der Waals surface area contributed by atoms with Gasteiger partial charge in [0.15, 0.2) is 0 Å². The molecule has 3 N–H and O–H groups in total. The molecule has 102 valence electrons. The number of aliphatic hydroxyl groups excluding tert-OH is 1. The highest BCUT2D eigenvalue weighted by atomic mass is 16.4. The molecule has 1 aliphatic carbocycles. The molecule has 0 heterocycles. The van der Waals surface area contributed by atoms with Crippen LogP contribution in [0, 0.1) is 0 Å². The van der Waals surface area contributed by atoms with E-state index in [1.165, 1.54) is 0 Å². The molecule has 0 aliphatic heterocycles. The SMILES string of the molecule is O=C(O)[C@H](c1ccccc1)[C@H](O)[C@@]1(O)CC=CCC1. The van der Waals surface area contributed by atoms with E-state index in [-0.39, 0.29) is 6.42 Å². The van der Waals surface area contributed by atoms with Crippen molar-refractivity contribution >= 4 is 5.97 Å². The van der Waals surface area contributed by atoms with Crippen LogP contribution < -0.4 is 0 Å². The molecular formula is C15H18O4. The van der Waals surface area contributed by atoms with Crippen LogP contribution in [0.4, 0.5) is 0 Å². The molecule has 0 aromatic heterocycles. The Bertz CT molecular complexity index is 468. The van der Waals surface area contributed by atoms with Gasteiger partial charge in [0.2, 0.25) is 0 Å². The summed E-state index contributed by atoms with van der Waals surface area (Å²) in [6.07, 6.45) is 3.70. The Hall–Kier alpha value is -1.65. The van der Waals surface area contributed by atoms with Crippen LogP contribution in [0.25, 0.3) is 0 Å². The maximum Gasteiger partial charge on any atom is 0.313 e. The van der Waals surface area contributed by atoms with Crippen LogP contribution in [0.15, 0.2) is 42.5 Å². The number of rotatable bonds is 4. The third-order valence-electron chi connectivity index (χ3n) is 3.67. The molecular weight excluding hydrogens is 244 g/mol. The van der Waals surface area contributed by atoms with Crippen LogP contribution in [-0.4, -0.2) is 33.0 Å². The van der Waals surface area contributed by atoms with Gasteiger partial charge >= 0.3 is 5.97 Å². The summed E-state index contributed by atoms with van der Waals surface area (Å²) < 4.78 is 0. The molecule has 0 radical (unpaired) electrons. The number of carboxylic acid groups (broad SMARTS) is 1. The van der Waals surface area contributed by atoms with Crippen LogP contribution in [0.1, 0.15) is 30.7 Å². The number of allylic oxidation sites excluding steroid dienone is 1. The first-order chi connectivity index (χ1) is 9.04. The molecule has 0 spiro atoms. The number of carboxylic acids is 1. The van der Waals surface area contributed by atoms with Crippen molar-refractivity contribution in [2.24, 2.45) is 0 Å². The smallest absolute Gasteiger partial charge is 0.313 e. The second-order valence-corrected chi connectivity index (χ2v) is 4.99. The Morgan fingerprint density at radius 2 is 1.89 bits per heavy atom. The summed E-state index contributed by atoms with van der Waals surface area (Å²) in [5.74, 6) is -2.24. The van der Waals surface area contributed by atoms with E-state index >= 15 is 0 Å². The van der Waals surface area contributed by atoms with Crippen molar-refractivity contribution < 1.29 is 20.1 Å². The zero-order chi connectivity index (χ0) is 13.9. The normalized spacial score (nSPS) is 25.8. The molecule has 0 amide bonds. The van der Waals surface area contributed by atoms with Gasteiger partial charge in [0.1, 0.15) is 12.0 Å². The minimum Gasteiger partial charge on any atom is -0.481 e. The number of aliphatic hydroxyl groups is 2. The molecule has 0 saturated heterocycles. The highest BCUT2D eigenvalue weighted by Crippen LogP contribution is 2.34. The van der Waals surface area contributed by atoms with Crippen molar-refractivity contribution in [1.29, 1.82) is 0 Å². The van der Waals surface area contributed by atoms with Gasteiger partial charge in [0, 0.05) is 0 Å². The third kappa shape index (κ3) is 2.85. The molecule has 0 fully saturated rings. The first-order valence-electron chi connectivity index (χ1n) is 6.38. The Balaban J connectivity index is 2.29. The van der Waals surface area contributed by atoms with Gasteiger partial charge in [0.05, 0.1) is 5.60 Å². The van der Waals surface area contributed by atoms with Crippen LogP contribution in [0.3, 0.4) is 0 Å². The predicted octanol–water partition coefficient (Wildman–Crippen LogP) is 1.69. The monoisotopic (exact) mass is 262 g/mol. The highest BCUT2D eigenvalue weighted by Gasteiger charge is 2.43. The van der Waals surface area contributed by atoms with E-state index in [0.717, 1.165) is 0 Å². The first-order valence-corrected chi connectivity index (χ1v) is 6.38. The van der Waals surface area contributed by atoms with Gasteiger partial charge in [-0.3, -0.25) is 4.79 Å². The quantitative estimate of drug-likeness (QED) is 0.721. The van der Waals surface area contributed by atoms with Crippen molar-refractivity contribution in [3.8, 4) is 0 Å². The largest absolute Gasteiger partial charge is 0.481 e. The Morgan fingerprint density at radius 3 is 2.42 bits per heavy atom. The lowest BCUT2D eigenvalue weighted by Crippen LogP contribution is -2.48. The fourth-order valence-electron chi connectivity index (χ4n) is 2.54. The van der Waals surface area contributed by atoms with E-state index in [9.17, 15) is 20.1 Å². The predicted molar refractivity (Wildman–Crippen MR) is 70.8 cm³/mol. The Kier molecular flexibility index (Phi) is 4.02. The minimum absolute atomic E-state index is 0.283. The number of carbonyl (C=O) groups is 1. The molecule has 1 aromatic carbocycles. The lowest BCUT2D eigenvalue weighted by atomic mass is 9.76. The number of aliphatic carboxylic acids is 1. The molecule has 19 heavy (non-hydrogen) atoms. The zero-order valence-electron chi connectivity index (χ0n) is 10.6. The van der Waals surface area contributed by atoms with Crippen molar-refractivity contribution in [3.05, 3.63) is 48.0 Å². The van der Waals surface area contributed by atoms with Crippen molar-refractivity contribution in [3.63, 3.8) is 0 Å². The summed E-state index contributed by atoms with van der Waals surface area (Å²) in [5.41, 5.74) is -0.862. The summed E-state index contributed by atoms with van der Waals surface area (Å²) in [5, 5.41) is 30.2.